The summed E-state index contributed by atoms with van der Waals surface area (Å²) < 4.78 is 34.0. The molecule has 3 heterocycles. The molecule has 3 aromatic rings. The Morgan fingerprint density at radius 2 is 1.91 bits per heavy atom. The van der Waals surface area contributed by atoms with E-state index in [-0.39, 0.29) is 0 Å². The molecule has 0 bridgehead atoms. The molecule has 5 rings (SSSR count). The first kappa shape index (κ1) is 23.0. The van der Waals surface area contributed by atoms with Crippen LogP contribution in [0.25, 0.3) is 11.0 Å². The Morgan fingerprint density at radius 3 is 2.61 bits per heavy atom. The fourth-order valence-corrected chi connectivity index (χ4v) is 5.53. The zero-order valence-corrected chi connectivity index (χ0v) is 21.3. The molecule has 1 aliphatic carbocycles. The van der Waals surface area contributed by atoms with Gasteiger partial charge in [-0.3, -0.25) is 4.90 Å². The minimum absolute atomic E-state index is 0.366. The largest absolute Gasteiger partial charge is 0.456 e. The van der Waals surface area contributed by atoms with E-state index < -0.39 is 10.0 Å². The first-order chi connectivity index (χ1) is 15.8. The summed E-state index contributed by atoms with van der Waals surface area (Å²) in [6.07, 6.45) is 5.35. The summed E-state index contributed by atoms with van der Waals surface area (Å²) in [6.45, 7) is 3.52. The van der Waals surface area contributed by atoms with Crippen LogP contribution in [-0.4, -0.2) is 70.0 Å². The third kappa shape index (κ3) is 5.02. The second-order valence-corrected chi connectivity index (χ2v) is 11.7. The fraction of sp³-hybridized carbons (Fsp3) is 0.476. The maximum absolute atomic E-state index is 11.8. The van der Waals surface area contributed by atoms with E-state index in [4.69, 9.17) is 16.3 Å². The number of halogens is 2. The molecule has 1 saturated carbocycles. The van der Waals surface area contributed by atoms with E-state index in [1.54, 1.807) is 12.3 Å². The summed E-state index contributed by atoms with van der Waals surface area (Å²) in [6, 6.07) is 5.67. The van der Waals surface area contributed by atoms with Crippen LogP contribution in [-0.2, 0) is 23.1 Å². The van der Waals surface area contributed by atoms with Crippen LogP contribution < -0.4 is 4.74 Å². The van der Waals surface area contributed by atoms with E-state index in [1.165, 1.54) is 23.4 Å². The highest BCUT2D eigenvalue weighted by Gasteiger charge is 2.26. The van der Waals surface area contributed by atoms with Gasteiger partial charge in [-0.05, 0) is 52.9 Å². The Kier molecular flexibility index (Phi) is 6.34. The van der Waals surface area contributed by atoms with E-state index in [1.807, 2.05) is 16.8 Å². The van der Waals surface area contributed by atoms with Crippen molar-refractivity contribution in [2.24, 2.45) is 5.92 Å². The van der Waals surface area contributed by atoms with E-state index in [0.717, 1.165) is 27.6 Å². The maximum atomic E-state index is 11.8. The first-order valence-corrected chi connectivity index (χ1v) is 13.8. The number of piperazine rings is 1. The number of aromatic nitrogens is 4. The Hall–Kier alpha value is -1.79. The van der Waals surface area contributed by atoms with Crippen molar-refractivity contribution in [3.63, 3.8) is 0 Å². The van der Waals surface area contributed by atoms with Crippen molar-refractivity contribution in [3.8, 4) is 11.5 Å². The summed E-state index contributed by atoms with van der Waals surface area (Å²) in [5.41, 5.74) is 2.49. The van der Waals surface area contributed by atoms with Gasteiger partial charge in [-0.1, -0.05) is 16.8 Å². The van der Waals surface area contributed by atoms with Crippen LogP contribution in [0.1, 0.15) is 18.4 Å². The third-order valence-electron chi connectivity index (χ3n) is 6.08. The zero-order valence-electron chi connectivity index (χ0n) is 18.1. The van der Waals surface area contributed by atoms with Gasteiger partial charge in [-0.25, -0.2) is 18.1 Å². The normalized spacial score (nSPS) is 18.2. The van der Waals surface area contributed by atoms with Crippen LogP contribution in [0, 0.1) is 5.92 Å². The number of benzene rings is 1. The Morgan fingerprint density at radius 1 is 1.15 bits per heavy atom. The first-order valence-electron chi connectivity index (χ1n) is 10.8. The van der Waals surface area contributed by atoms with Crippen molar-refractivity contribution in [3.05, 3.63) is 39.6 Å². The molecule has 176 valence electrons. The molecular weight excluding hydrogens is 532 g/mol. The topological polar surface area (TPSA) is 93.5 Å². The summed E-state index contributed by atoms with van der Waals surface area (Å²) in [5.74, 6) is 1.92. The van der Waals surface area contributed by atoms with E-state index >= 15 is 0 Å². The lowest BCUT2D eigenvalue weighted by Crippen LogP contribution is -2.47. The molecule has 2 fully saturated rings. The molecule has 0 unspecified atom stereocenters. The van der Waals surface area contributed by atoms with Gasteiger partial charge in [0.05, 0.1) is 16.2 Å². The van der Waals surface area contributed by atoms with Gasteiger partial charge >= 0.3 is 0 Å². The second kappa shape index (κ2) is 9.10. The number of rotatable bonds is 7. The third-order valence-corrected chi connectivity index (χ3v) is 8.48. The zero-order chi connectivity index (χ0) is 23.2. The molecule has 0 atom stereocenters. The van der Waals surface area contributed by atoms with Gasteiger partial charge in [0.1, 0.15) is 22.2 Å². The average molecular weight is 556 g/mol. The van der Waals surface area contributed by atoms with Gasteiger partial charge in [0.2, 0.25) is 10.0 Å². The quantitative estimate of drug-likeness (QED) is 0.412. The number of pyridine rings is 1. The number of fused-ring (bicyclic) bond motifs is 1. The Labute approximate surface area is 205 Å². The molecule has 33 heavy (non-hydrogen) atoms. The lowest BCUT2D eigenvalue weighted by molar-refractivity contribution is 0.181. The highest BCUT2D eigenvalue weighted by atomic mass is 79.9. The smallest absolute Gasteiger partial charge is 0.211 e. The van der Waals surface area contributed by atoms with Gasteiger partial charge in [0.15, 0.2) is 0 Å². The van der Waals surface area contributed by atoms with Crippen LogP contribution >= 0.6 is 27.5 Å². The standard InChI is InChI=1S/C21H24BrClN6O3S/c1-33(30,31)28-10-8-27(9-11-28)13-15-17(6-7-24-21(15)23)32-18-5-4-16-20(19(18)22)25-26-29(16)12-14-2-3-14/h4-7,14H,2-3,8-13H2,1H3. The Bertz CT molecular complexity index is 1290. The fourth-order valence-electron chi connectivity index (χ4n) is 4.00. The van der Waals surface area contributed by atoms with Gasteiger partial charge in [-0.2, -0.15) is 4.31 Å². The monoisotopic (exact) mass is 554 g/mol. The van der Waals surface area contributed by atoms with Crippen molar-refractivity contribution in [2.45, 2.75) is 25.9 Å². The van der Waals surface area contributed by atoms with Crippen molar-refractivity contribution in [2.75, 3.05) is 32.4 Å². The minimum atomic E-state index is -3.18. The van der Waals surface area contributed by atoms with Gasteiger partial charge in [0.25, 0.3) is 0 Å². The van der Waals surface area contributed by atoms with Crippen LogP contribution in [0.4, 0.5) is 0 Å². The molecular formula is C21H24BrClN6O3S. The van der Waals surface area contributed by atoms with Gasteiger partial charge in [-0.15, -0.1) is 5.10 Å². The van der Waals surface area contributed by atoms with Crippen molar-refractivity contribution < 1.29 is 13.2 Å². The highest BCUT2D eigenvalue weighted by molar-refractivity contribution is 9.10. The highest BCUT2D eigenvalue weighted by Crippen LogP contribution is 2.38. The van der Waals surface area contributed by atoms with Crippen LogP contribution in [0.5, 0.6) is 11.5 Å². The molecule has 0 spiro atoms. The number of hydrogen-bond acceptors (Lipinski definition) is 7. The summed E-state index contributed by atoms with van der Waals surface area (Å²) in [4.78, 5) is 6.38. The van der Waals surface area contributed by atoms with Gasteiger partial charge in [0, 0.05) is 51.0 Å². The number of nitrogens with zero attached hydrogens (tertiary/aromatic N) is 6. The molecule has 12 heteroatoms. The molecule has 1 saturated heterocycles. The van der Waals surface area contributed by atoms with Gasteiger partial charge < -0.3 is 4.74 Å². The molecule has 1 aromatic carbocycles. The predicted molar refractivity (Wildman–Crippen MR) is 129 cm³/mol. The van der Waals surface area contributed by atoms with E-state index in [9.17, 15) is 8.42 Å². The van der Waals surface area contributed by atoms with Crippen LogP contribution in [0.15, 0.2) is 28.9 Å². The SMILES string of the molecule is CS(=O)(=O)N1CCN(Cc2c(Oc3ccc4c(nnn4CC4CC4)c3Br)ccnc2Cl)CC1. The van der Waals surface area contributed by atoms with Crippen molar-refractivity contribution in [1.29, 1.82) is 0 Å². The molecule has 9 nitrogen and oxygen atoms in total. The second-order valence-electron chi connectivity index (χ2n) is 8.58. The summed E-state index contributed by atoms with van der Waals surface area (Å²) in [7, 11) is -3.18. The molecule has 1 aliphatic heterocycles. The lowest BCUT2D eigenvalue weighted by Gasteiger charge is -2.33. The van der Waals surface area contributed by atoms with Crippen LogP contribution in [0.3, 0.4) is 0 Å². The predicted octanol–water partition coefficient (Wildman–Crippen LogP) is 3.52. The number of sulfonamides is 1. The van der Waals surface area contributed by atoms with Crippen molar-refractivity contribution >= 4 is 48.6 Å². The summed E-state index contributed by atoms with van der Waals surface area (Å²) >= 11 is 10.1. The molecule has 2 aromatic heterocycles. The number of ether oxygens (including phenoxy) is 1. The lowest BCUT2D eigenvalue weighted by atomic mass is 10.2. The molecule has 0 amide bonds. The van der Waals surface area contributed by atoms with Crippen molar-refractivity contribution in [1.82, 2.24) is 29.2 Å². The average Bonchev–Trinajstić information content (AvgIpc) is 3.50. The Balaban J connectivity index is 1.36. The van der Waals surface area contributed by atoms with Crippen LogP contribution in [0.2, 0.25) is 5.15 Å². The molecule has 2 aliphatic rings. The molecule has 0 radical (unpaired) electrons. The maximum Gasteiger partial charge on any atom is 0.211 e. The van der Waals surface area contributed by atoms with E-state index in [0.29, 0.717) is 55.3 Å². The van der Waals surface area contributed by atoms with E-state index in [2.05, 4.69) is 36.1 Å². The molecule has 0 N–H and O–H groups in total. The summed E-state index contributed by atoms with van der Waals surface area (Å²) in [5, 5.41) is 9.03. The minimum Gasteiger partial charge on any atom is -0.456 e. The number of hydrogen-bond donors (Lipinski definition) is 0.